The molecule has 6 heteroatoms. The Hall–Kier alpha value is -2.60. The molecule has 2 aliphatic rings. The van der Waals surface area contributed by atoms with Crippen LogP contribution in [0.15, 0.2) is 46.8 Å². The van der Waals surface area contributed by atoms with E-state index in [1.165, 1.54) is 0 Å². The minimum atomic E-state index is -0.413. The van der Waals surface area contributed by atoms with Crippen molar-refractivity contribution in [3.8, 4) is 0 Å². The summed E-state index contributed by atoms with van der Waals surface area (Å²) in [6, 6.07) is 8.03. The first-order valence-electron chi connectivity index (χ1n) is 10.6. The number of nitrogens with zero attached hydrogens (tertiary/aromatic N) is 1. The topological polar surface area (TPSA) is 67.9 Å². The number of nitrogens with one attached hydrogen (secondary N) is 1. The summed E-state index contributed by atoms with van der Waals surface area (Å²) >= 11 is 0. The van der Waals surface area contributed by atoms with Crippen molar-refractivity contribution in [2.45, 2.75) is 52.1 Å². The van der Waals surface area contributed by atoms with Gasteiger partial charge in [0.15, 0.2) is 5.78 Å². The van der Waals surface area contributed by atoms with Crippen LogP contribution in [0.25, 0.3) is 0 Å². The molecular formula is C24H32N2O4. The molecule has 1 aliphatic heterocycles. The van der Waals surface area contributed by atoms with E-state index < -0.39 is 11.9 Å². The van der Waals surface area contributed by atoms with E-state index in [1.54, 1.807) is 0 Å². The third kappa shape index (κ3) is 4.75. The molecule has 0 bridgehead atoms. The van der Waals surface area contributed by atoms with Gasteiger partial charge in [-0.2, -0.15) is 0 Å². The van der Waals surface area contributed by atoms with Crippen LogP contribution in [0.1, 0.15) is 51.5 Å². The third-order valence-corrected chi connectivity index (χ3v) is 5.51. The van der Waals surface area contributed by atoms with Crippen LogP contribution in [0, 0.1) is 0 Å². The van der Waals surface area contributed by atoms with Gasteiger partial charge in [-0.05, 0) is 51.3 Å². The van der Waals surface area contributed by atoms with Gasteiger partial charge in [0, 0.05) is 49.1 Å². The molecule has 30 heavy (non-hydrogen) atoms. The zero-order valence-corrected chi connectivity index (χ0v) is 18.6. The Bertz CT molecular complexity index is 866. The van der Waals surface area contributed by atoms with Gasteiger partial charge >= 0.3 is 5.97 Å². The number of hydrogen-bond acceptors (Lipinski definition) is 6. The van der Waals surface area contributed by atoms with Gasteiger partial charge in [0.2, 0.25) is 0 Å². The number of Topliss-reactive ketones (excluding diaryl/α,β-unsaturated/α-hetero) is 1. The molecule has 1 aliphatic carbocycles. The number of anilines is 1. The molecule has 0 radical (unpaired) electrons. The number of dihydropyridines is 1. The number of ether oxygens (including phenoxy) is 2. The largest absolute Gasteiger partial charge is 0.460 e. The molecule has 1 aromatic carbocycles. The lowest BCUT2D eigenvalue weighted by atomic mass is 9.75. The predicted molar refractivity (Wildman–Crippen MR) is 117 cm³/mol. The normalized spacial score (nSPS) is 19.0. The average Bonchev–Trinajstić information content (AvgIpc) is 2.70. The maximum absolute atomic E-state index is 13.1. The van der Waals surface area contributed by atoms with Gasteiger partial charge in [-0.15, -0.1) is 0 Å². The summed E-state index contributed by atoms with van der Waals surface area (Å²) < 4.78 is 11.0. The molecule has 0 unspecified atom stereocenters. The first kappa shape index (κ1) is 22.1. The Morgan fingerprint density at radius 3 is 2.50 bits per heavy atom. The highest BCUT2D eigenvalue weighted by Gasteiger charge is 2.39. The Morgan fingerprint density at radius 2 is 1.87 bits per heavy atom. The zero-order valence-electron chi connectivity index (χ0n) is 18.6. The lowest BCUT2D eigenvalue weighted by Crippen LogP contribution is -2.34. The first-order chi connectivity index (χ1) is 14.3. The Morgan fingerprint density at radius 1 is 1.17 bits per heavy atom. The van der Waals surface area contributed by atoms with Gasteiger partial charge in [-0.1, -0.05) is 12.1 Å². The highest BCUT2D eigenvalue weighted by atomic mass is 16.6. The number of rotatable bonds is 7. The molecule has 0 fully saturated rings. The van der Waals surface area contributed by atoms with Crippen molar-refractivity contribution in [2.75, 3.05) is 32.2 Å². The molecule has 0 spiro atoms. The second-order valence-corrected chi connectivity index (χ2v) is 8.31. The van der Waals surface area contributed by atoms with E-state index in [0.717, 1.165) is 35.5 Å². The minimum Gasteiger partial charge on any atom is -0.460 e. The monoisotopic (exact) mass is 412 g/mol. The van der Waals surface area contributed by atoms with Gasteiger partial charge in [0.1, 0.15) is 6.61 Å². The van der Waals surface area contributed by atoms with Crippen LogP contribution in [0.3, 0.4) is 0 Å². The minimum absolute atomic E-state index is 0.0801. The van der Waals surface area contributed by atoms with E-state index in [0.29, 0.717) is 24.2 Å². The number of carbonyl (C=O) groups excluding carboxylic acids is 2. The molecule has 0 saturated carbocycles. The highest BCUT2D eigenvalue weighted by Crippen LogP contribution is 2.42. The van der Waals surface area contributed by atoms with Gasteiger partial charge in [0.25, 0.3) is 0 Å². The van der Waals surface area contributed by atoms with Crippen LogP contribution in [0.2, 0.25) is 0 Å². The molecule has 1 aromatic rings. The van der Waals surface area contributed by atoms with Gasteiger partial charge in [-0.3, -0.25) is 4.79 Å². The SMILES string of the molecule is CC1=C(C(=O)OCCOC(C)C)[C@H](c2ccc(N(C)C)cc2)C2=C(CCCC2=O)N1. The number of esters is 1. The van der Waals surface area contributed by atoms with Crippen LogP contribution < -0.4 is 10.2 Å². The lowest BCUT2D eigenvalue weighted by Gasteiger charge is -2.34. The van der Waals surface area contributed by atoms with E-state index in [2.05, 4.69) is 5.32 Å². The molecule has 1 N–H and O–H groups in total. The fourth-order valence-corrected chi connectivity index (χ4v) is 4.05. The van der Waals surface area contributed by atoms with E-state index in [4.69, 9.17) is 9.47 Å². The van der Waals surface area contributed by atoms with Crippen LogP contribution in [-0.2, 0) is 19.1 Å². The fraction of sp³-hybridized carbons (Fsp3) is 0.500. The summed E-state index contributed by atoms with van der Waals surface area (Å²) in [5.41, 5.74) is 4.88. The molecule has 1 atom stereocenters. The fourth-order valence-electron chi connectivity index (χ4n) is 4.05. The number of hydrogen-bond donors (Lipinski definition) is 1. The smallest absolute Gasteiger partial charge is 0.336 e. The molecule has 1 heterocycles. The maximum atomic E-state index is 13.1. The second kappa shape index (κ2) is 9.47. The molecule has 0 saturated heterocycles. The van der Waals surface area contributed by atoms with Crippen molar-refractivity contribution in [3.63, 3.8) is 0 Å². The number of ketones is 1. The molecular weight excluding hydrogens is 380 g/mol. The predicted octanol–water partition coefficient (Wildman–Crippen LogP) is 3.69. The van der Waals surface area contributed by atoms with Gasteiger partial charge in [0.05, 0.1) is 18.3 Å². The van der Waals surface area contributed by atoms with E-state index in [9.17, 15) is 9.59 Å². The van der Waals surface area contributed by atoms with Crippen molar-refractivity contribution in [2.24, 2.45) is 0 Å². The van der Waals surface area contributed by atoms with E-state index in [-0.39, 0.29) is 18.5 Å². The first-order valence-corrected chi connectivity index (χ1v) is 10.6. The summed E-state index contributed by atoms with van der Waals surface area (Å²) in [6.07, 6.45) is 2.24. The van der Waals surface area contributed by atoms with Crippen molar-refractivity contribution in [1.29, 1.82) is 0 Å². The molecule has 162 valence electrons. The third-order valence-electron chi connectivity index (χ3n) is 5.51. The maximum Gasteiger partial charge on any atom is 0.336 e. The summed E-state index contributed by atoms with van der Waals surface area (Å²) in [6.45, 7) is 6.29. The zero-order chi connectivity index (χ0) is 21.8. The van der Waals surface area contributed by atoms with E-state index >= 15 is 0 Å². The number of carbonyl (C=O) groups is 2. The van der Waals surface area contributed by atoms with Crippen LogP contribution >= 0.6 is 0 Å². The lowest BCUT2D eigenvalue weighted by molar-refractivity contribution is -0.141. The van der Waals surface area contributed by atoms with Crippen molar-refractivity contribution < 1.29 is 19.1 Å². The van der Waals surface area contributed by atoms with Crippen molar-refractivity contribution in [1.82, 2.24) is 5.32 Å². The van der Waals surface area contributed by atoms with Crippen molar-refractivity contribution >= 4 is 17.4 Å². The number of allylic oxidation sites excluding steroid dienone is 3. The Labute approximate surface area is 178 Å². The van der Waals surface area contributed by atoms with Crippen LogP contribution in [0.5, 0.6) is 0 Å². The van der Waals surface area contributed by atoms with Crippen LogP contribution in [0.4, 0.5) is 5.69 Å². The molecule has 3 rings (SSSR count). The van der Waals surface area contributed by atoms with Gasteiger partial charge < -0.3 is 19.7 Å². The summed E-state index contributed by atoms with van der Waals surface area (Å²) in [7, 11) is 3.97. The molecule has 0 aromatic heterocycles. The Kier molecular flexibility index (Phi) is 6.98. The van der Waals surface area contributed by atoms with E-state index in [1.807, 2.05) is 64.0 Å². The molecule has 6 nitrogen and oxygen atoms in total. The summed E-state index contributed by atoms with van der Waals surface area (Å²) in [5.74, 6) is -0.714. The standard InChI is InChI=1S/C24H32N2O4/c1-15(2)29-13-14-30-24(28)21-16(3)25-19-7-6-8-20(27)23(19)22(21)17-9-11-18(12-10-17)26(4)5/h9-12,15,22,25H,6-8,13-14H2,1-5H3/t22-/m0/s1. The molecule has 0 amide bonds. The van der Waals surface area contributed by atoms with Crippen molar-refractivity contribution in [3.05, 3.63) is 52.4 Å². The van der Waals surface area contributed by atoms with Gasteiger partial charge in [-0.25, -0.2) is 4.79 Å². The summed E-state index contributed by atoms with van der Waals surface area (Å²) in [5, 5.41) is 3.32. The second-order valence-electron chi connectivity index (χ2n) is 8.31. The average molecular weight is 413 g/mol. The Balaban J connectivity index is 1.94. The van der Waals surface area contributed by atoms with Crippen LogP contribution in [-0.4, -0.2) is 45.2 Å². The highest BCUT2D eigenvalue weighted by molar-refractivity contribution is 6.03. The summed E-state index contributed by atoms with van der Waals surface area (Å²) in [4.78, 5) is 28.0. The number of benzene rings is 1. The quantitative estimate of drug-likeness (QED) is 0.544.